The molecule has 1 saturated carbocycles. The molecule has 1 N–H and O–H groups in total. The van der Waals surface area contributed by atoms with Gasteiger partial charge in [-0.3, -0.25) is 9.69 Å². The Bertz CT molecular complexity index is 1380. The van der Waals surface area contributed by atoms with Crippen LogP contribution in [0.25, 0.3) is 22.2 Å². The van der Waals surface area contributed by atoms with Crippen molar-refractivity contribution >= 4 is 28.9 Å². The van der Waals surface area contributed by atoms with Crippen LogP contribution in [0.1, 0.15) is 84.7 Å². The summed E-state index contributed by atoms with van der Waals surface area (Å²) < 4.78 is 7.82. The number of rotatable bonds is 8. The smallest absolute Gasteiger partial charge is 0.410 e. The SMILES string of the molecule is CCC[C@H](C)Nc1ncc2c(-c3ccc(CN4CCN(C(=O)OC(C)(C)C)CC4)cc3)cn(C3CCC(=O)CC3)c2n1. The zero-order chi connectivity index (χ0) is 29.9. The minimum atomic E-state index is -0.476. The maximum Gasteiger partial charge on any atom is 0.410 e. The number of Topliss-reactive ketones (excluding diaryl/α,β-unsaturated/α-hetero) is 1. The van der Waals surface area contributed by atoms with Crippen molar-refractivity contribution in [2.45, 2.75) is 97.4 Å². The number of hydrogen-bond donors (Lipinski definition) is 1. The zero-order valence-corrected chi connectivity index (χ0v) is 25.9. The molecule has 2 aromatic heterocycles. The third-order valence-corrected chi connectivity index (χ3v) is 8.27. The highest BCUT2D eigenvalue weighted by atomic mass is 16.6. The first-order chi connectivity index (χ1) is 20.1. The Labute approximate surface area is 249 Å². The lowest BCUT2D eigenvalue weighted by molar-refractivity contribution is -0.120. The van der Waals surface area contributed by atoms with Crippen molar-refractivity contribution in [2.75, 3.05) is 31.5 Å². The summed E-state index contributed by atoms with van der Waals surface area (Å²) in [4.78, 5) is 38.2. The number of carbonyl (C=O) groups is 2. The van der Waals surface area contributed by atoms with E-state index in [1.54, 1.807) is 4.90 Å². The van der Waals surface area contributed by atoms with E-state index in [0.717, 1.165) is 67.5 Å². The molecular weight excluding hydrogens is 528 g/mol. The Morgan fingerprint density at radius 2 is 1.79 bits per heavy atom. The van der Waals surface area contributed by atoms with E-state index in [2.05, 4.69) is 64.1 Å². The zero-order valence-electron chi connectivity index (χ0n) is 25.9. The monoisotopic (exact) mass is 574 g/mol. The number of piperazine rings is 1. The van der Waals surface area contributed by atoms with E-state index in [4.69, 9.17) is 9.72 Å². The van der Waals surface area contributed by atoms with Crippen molar-refractivity contribution < 1.29 is 14.3 Å². The third-order valence-electron chi connectivity index (χ3n) is 8.27. The minimum absolute atomic E-state index is 0.229. The minimum Gasteiger partial charge on any atom is -0.444 e. The number of anilines is 1. The predicted octanol–water partition coefficient (Wildman–Crippen LogP) is 6.44. The molecule has 1 aliphatic heterocycles. The molecular formula is C33H46N6O3. The van der Waals surface area contributed by atoms with Gasteiger partial charge in [-0.05, 0) is 58.1 Å². The van der Waals surface area contributed by atoms with E-state index in [-0.39, 0.29) is 12.1 Å². The lowest BCUT2D eigenvalue weighted by Gasteiger charge is -2.35. The molecule has 5 rings (SSSR count). The summed E-state index contributed by atoms with van der Waals surface area (Å²) >= 11 is 0. The van der Waals surface area contributed by atoms with Crippen molar-refractivity contribution in [1.29, 1.82) is 0 Å². The number of amides is 1. The van der Waals surface area contributed by atoms with Gasteiger partial charge in [0.25, 0.3) is 0 Å². The Morgan fingerprint density at radius 3 is 2.43 bits per heavy atom. The highest BCUT2D eigenvalue weighted by Crippen LogP contribution is 2.36. The Kier molecular flexibility index (Phi) is 9.16. The number of aromatic nitrogens is 3. The molecule has 3 aromatic rings. The number of ether oxygens (including phenoxy) is 1. The van der Waals surface area contributed by atoms with Gasteiger partial charge in [0.05, 0.1) is 0 Å². The lowest BCUT2D eigenvalue weighted by atomic mass is 9.94. The van der Waals surface area contributed by atoms with Crippen LogP contribution in [0.4, 0.5) is 10.7 Å². The Morgan fingerprint density at radius 1 is 1.10 bits per heavy atom. The molecule has 1 saturated heterocycles. The highest BCUT2D eigenvalue weighted by Gasteiger charge is 2.27. The van der Waals surface area contributed by atoms with Crippen LogP contribution in [-0.2, 0) is 16.1 Å². The van der Waals surface area contributed by atoms with Crippen molar-refractivity contribution in [1.82, 2.24) is 24.3 Å². The summed E-state index contributed by atoms with van der Waals surface area (Å²) in [5.74, 6) is 1.01. The fourth-order valence-electron chi connectivity index (χ4n) is 6.00. The van der Waals surface area contributed by atoms with E-state index >= 15 is 0 Å². The summed E-state index contributed by atoms with van der Waals surface area (Å²) in [7, 11) is 0. The summed E-state index contributed by atoms with van der Waals surface area (Å²) in [6.07, 6.45) is 9.05. The summed E-state index contributed by atoms with van der Waals surface area (Å²) in [5, 5.41) is 4.50. The number of nitrogens with one attached hydrogen (secondary N) is 1. The van der Waals surface area contributed by atoms with Gasteiger partial charge < -0.3 is 19.5 Å². The predicted molar refractivity (Wildman–Crippen MR) is 167 cm³/mol. The normalized spacial score (nSPS) is 17.9. The molecule has 0 spiro atoms. The first-order valence-electron chi connectivity index (χ1n) is 15.5. The molecule has 42 heavy (non-hydrogen) atoms. The molecule has 1 amide bonds. The fourth-order valence-corrected chi connectivity index (χ4v) is 6.00. The van der Waals surface area contributed by atoms with Crippen molar-refractivity contribution in [3.05, 3.63) is 42.2 Å². The molecule has 3 heterocycles. The summed E-state index contributed by atoms with van der Waals surface area (Å²) in [6.45, 7) is 13.9. The molecule has 1 aromatic carbocycles. The summed E-state index contributed by atoms with van der Waals surface area (Å²) in [6, 6.07) is 9.32. The Balaban J connectivity index is 1.31. The molecule has 9 heteroatoms. The van der Waals surface area contributed by atoms with Crippen LogP contribution in [0.15, 0.2) is 36.7 Å². The van der Waals surface area contributed by atoms with Crippen molar-refractivity contribution in [2.24, 2.45) is 0 Å². The standard InChI is InChI=1S/C33H46N6O3/c1-6-7-23(2)35-31-34-20-28-29(22-39(30(28)36-31)26-12-14-27(40)15-13-26)25-10-8-24(9-11-25)21-37-16-18-38(19-17-37)32(41)42-33(3,4)5/h8-11,20,22-23,26H,6-7,12-19,21H2,1-5H3,(H,34,35,36)/t23-/m0/s1. The first-order valence-corrected chi connectivity index (χ1v) is 15.5. The molecule has 226 valence electrons. The van der Waals surface area contributed by atoms with Crippen molar-refractivity contribution in [3.63, 3.8) is 0 Å². The third kappa shape index (κ3) is 7.30. The van der Waals surface area contributed by atoms with Crippen molar-refractivity contribution in [3.8, 4) is 11.1 Å². The molecule has 0 unspecified atom stereocenters. The van der Waals surface area contributed by atoms with Gasteiger partial charge in [0.1, 0.15) is 17.0 Å². The second kappa shape index (κ2) is 12.8. The molecule has 0 bridgehead atoms. The van der Waals surface area contributed by atoms with Crippen LogP contribution in [0.3, 0.4) is 0 Å². The highest BCUT2D eigenvalue weighted by molar-refractivity contribution is 5.94. The van der Waals surface area contributed by atoms with E-state index in [0.29, 0.717) is 43.7 Å². The maximum absolute atomic E-state index is 12.4. The number of hydrogen-bond acceptors (Lipinski definition) is 7. The largest absolute Gasteiger partial charge is 0.444 e. The van der Waals surface area contributed by atoms with Crippen LogP contribution >= 0.6 is 0 Å². The fraction of sp³-hybridized carbons (Fsp3) is 0.576. The van der Waals surface area contributed by atoms with Crippen LogP contribution in [0, 0.1) is 0 Å². The lowest BCUT2D eigenvalue weighted by Crippen LogP contribution is -2.49. The number of nitrogens with zero attached hydrogens (tertiary/aromatic N) is 5. The van der Waals surface area contributed by atoms with E-state index in [1.807, 2.05) is 27.0 Å². The van der Waals surface area contributed by atoms with Crippen LogP contribution in [0.2, 0.25) is 0 Å². The second-order valence-electron chi connectivity index (χ2n) is 12.9. The average Bonchev–Trinajstić information content (AvgIpc) is 3.32. The molecule has 2 aliphatic rings. The molecule has 0 radical (unpaired) electrons. The van der Waals surface area contributed by atoms with E-state index in [1.165, 1.54) is 5.56 Å². The molecule has 1 aliphatic carbocycles. The van der Waals surface area contributed by atoms with Gasteiger partial charge in [0.2, 0.25) is 5.95 Å². The second-order valence-corrected chi connectivity index (χ2v) is 12.9. The summed E-state index contributed by atoms with van der Waals surface area (Å²) in [5.41, 5.74) is 3.94. The van der Waals surface area contributed by atoms with Gasteiger partial charge in [-0.1, -0.05) is 37.6 Å². The number of carbonyl (C=O) groups excluding carboxylic acids is 2. The first kappa shape index (κ1) is 30.0. The van der Waals surface area contributed by atoms with Crippen LogP contribution in [-0.4, -0.2) is 74.0 Å². The van der Waals surface area contributed by atoms with Gasteiger partial charge in [0, 0.05) is 81.0 Å². The number of benzene rings is 1. The topological polar surface area (TPSA) is 92.6 Å². The van der Waals surface area contributed by atoms with Gasteiger partial charge >= 0.3 is 6.09 Å². The molecule has 9 nitrogen and oxygen atoms in total. The van der Waals surface area contributed by atoms with Gasteiger partial charge in [-0.15, -0.1) is 0 Å². The van der Waals surface area contributed by atoms with Crippen LogP contribution < -0.4 is 5.32 Å². The van der Waals surface area contributed by atoms with E-state index in [9.17, 15) is 9.59 Å². The average molecular weight is 575 g/mol. The molecule has 1 atom stereocenters. The quantitative estimate of drug-likeness (QED) is 0.331. The van der Waals surface area contributed by atoms with E-state index < -0.39 is 5.60 Å². The van der Waals surface area contributed by atoms with Gasteiger partial charge in [-0.25, -0.2) is 9.78 Å². The number of fused-ring (bicyclic) bond motifs is 1. The maximum atomic E-state index is 12.4. The van der Waals surface area contributed by atoms with Gasteiger partial charge in [0.15, 0.2) is 0 Å². The Hall–Kier alpha value is -3.46. The number of ketones is 1. The molecule has 2 fully saturated rings. The van der Waals surface area contributed by atoms with Crippen LogP contribution in [0.5, 0.6) is 0 Å². The van der Waals surface area contributed by atoms with Gasteiger partial charge in [-0.2, -0.15) is 4.98 Å².